The average Bonchev–Trinajstić information content (AvgIpc) is 3.27. The second kappa shape index (κ2) is 12.0. The zero-order valence-electron chi connectivity index (χ0n) is 22.2. The number of carboxylic acid groups (broad SMARTS) is 1. The van der Waals surface area contributed by atoms with Gasteiger partial charge in [-0.15, -0.1) is 0 Å². The van der Waals surface area contributed by atoms with Gasteiger partial charge in [0.1, 0.15) is 29.8 Å². The Morgan fingerprint density at radius 1 is 1.12 bits per heavy atom. The van der Waals surface area contributed by atoms with E-state index >= 15 is 0 Å². The number of carbonyl (C=O) groups is 1. The Hall–Kier alpha value is -3.80. The molecule has 0 unspecified atom stereocenters. The van der Waals surface area contributed by atoms with Crippen LogP contribution >= 0.6 is 11.6 Å². The van der Waals surface area contributed by atoms with E-state index in [-0.39, 0.29) is 30.3 Å². The molecule has 2 fully saturated rings. The fourth-order valence-corrected chi connectivity index (χ4v) is 5.20. The molecule has 1 aromatic carbocycles. The van der Waals surface area contributed by atoms with Gasteiger partial charge in [0.25, 0.3) is 0 Å². The predicted molar refractivity (Wildman–Crippen MR) is 148 cm³/mol. The Balaban J connectivity index is 1.06. The first-order chi connectivity index (χ1) is 19.9. The first-order valence-corrected chi connectivity index (χ1v) is 13.9. The number of nitrogens with zero attached hydrogens (tertiary/aromatic N) is 5. The van der Waals surface area contributed by atoms with Crippen molar-refractivity contribution in [3.8, 4) is 11.5 Å². The molecule has 10 nitrogen and oxygen atoms in total. The third kappa shape index (κ3) is 6.42. The largest absolute Gasteiger partial charge is 0.490 e. The summed E-state index contributed by atoms with van der Waals surface area (Å²) in [6.07, 6.45) is 4.40. The molecule has 0 spiro atoms. The summed E-state index contributed by atoms with van der Waals surface area (Å²) >= 11 is 5.80. The zero-order valence-corrected chi connectivity index (χ0v) is 23.0. The number of piperidine rings is 1. The van der Waals surface area contributed by atoms with Crippen LogP contribution in [-0.4, -0.2) is 67.4 Å². The predicted octanol–water partition coefficient (Wildman–Crippen LogP) is 4.73. The number of halogens is 2. The Morgan fingerprint density at radius 2 is 1.95 bits per heavy atom. The van der Waals surface area contributed by atoms with E-state index in [0.717, 1.165) is 44.8 Å². The van der Waals surface area contributed by atoms with Crippen LogP contribution in [0.25, 0.3) is 11.2 Å². The fraction of sp³-hybridized carbons (Fsp3) is 0.379. The number of aromatic carboxylic acids is 1. The van der Waals surface area contributed by atoms with Crippen molar-refractivity contribution in [3.05, 3.63) is 76.7 Å². The van der Waals surface area contributed by atoms with Crippen molar-refractivity contribution in [3.63, 3.8) is 0 Å². The second-order valence-corrected chi connectivity index (χ2v) is 10.6. The van der Waals surface area contributed by atoms with E-state index in [9.17, 15) is 14.3 Å². The van der Waals surface area contributed by atoms with Crippen molar-refractivity contribution < 1.29 is 28.5 Å². The fourth-order valence-electron chi connectivity index (χ4n) is 5.04. The molecular weight excluding hydrogens is 553 g/mol. The number of fused-ring (bicyclic) bond motifs is 1. The van der Waals surface area contributed by atoms with Gasteiger partial charge in [-0.1, -0.05) is 11.6 Å². The van der Waals surface area contributed by atoms with Crippen LogP contribution in [0.15, 0.2) is 48.7 Å². The maximum Gasteiger partial charge on any atom is 0.354 e. The van der Waals surface area contributed by atoms with E-state index < -0.39 is 11.8 Å². The van der Waals surface area contributed by atoms with Crippen molar-refractivity contribution in [1.29, 1.82) is 0 Å². The van der Waals surface area contributed by atoms with Crippen LogP contribution in [0.5, 0.6) is 11.5 Å². The number of imidazole rings is 1. The molecule has 0 amide bonds. The quantitative estimate of drug-likeness (QED) is 0.284. The minimum atomic E-state index is -1.06. The molecule has 41 heavy (non-hydrogen) atoms. The van der Waals surface area contributed by atoms with Crippen LogP contribution in [0.3, 0.4) is 0 Å². The highest BCUT2D eigenvalue weighted by molar-refractivity contribution is 6.30. The topological polar surface area (TPSA) is 112 Å². The molecule has 4 aromatic rings. The van der Waals surface area contributed by atoms with Crippen molar-refractivity contribution in [2.45, 2.75) is 51.2 Å². The Bertz CT molecular complexity index is 1550. The smallest absolute Gasteiger partial charge is 0.354 e. The number of carboxylic acids is 1. The van der Waals surface area contributed by atoms with E-state index in [1.54, 1.807) is 18.3 Å². The number of rotatable bonds is 10. The summed E-state index contributed by atoms with van der Waals surface area (Å²) in [6.45, 7) is 3.69. The lowest BCUT2D eigenvalue weighted by Crippen LogP contribution is -2.39. The molecule has 0 saturated carbocycles. The van der Waals surface area contributed by atoms with E-state index in [0.29, 0.717) is 40.7 Å². The monoisotopic (exact) mass is 581 g/mol. The third-order valence-electron chi connectivity index (χ3n) is 7.33. The Labute approximate surface area is 240 Å². The van der Waals surface area contributed by atoms with Crippen LogP contribution in [-0.2, 0) is 24.4 Å². The van der Waals surface area contributed by atoms with E-state index in [1.165, 1.54) is 18.2 Å². The molecule has 6 rings (SSSR count). The SMILES string of the molecule is O=C(O)c1ccc2nc(CN3CCC(Oc4ccnc(COc5ccc(Cl)cc5F)c4)CC3)n(C[C@@H]3CCO3)c2n1. The van der Waals surface area contributed by atoms with Gasteiger partial charge in [0, 0.05) is 37.0 Å². The maximum atomic E-state index is 14.0. The number of hydrogen-bond acceptors (Lipinski definition) is 8. The molecule has 1 N–H and O–H groups in total. The number of hydrogen-bond donors (Lipinski definition) is 1. The van der Waals surface area contributed by atoms with E-state index in [4.69, 9.17) is 30.8 Å². The van der Waals surface area contributed by atoms with Crippen LogP contribution in [0.1, 0.15) is 41.3 Å². The molecule has 0 bridgehead atoms. The van der Waals surface area contributed by atoms with Gasteiger partial charge in [0.15, 0.2) is 22.9 Å². The molecule has 2 aliphatic heterocycles. The minimum absolute atomic E-state index is 0.000617. The van der Waals surface area contributed by atoms with Crippen LogP contribution in [0, 0.1) is 5.82 Å². The lowest BCUT2D eigenvalue weighted by molar-refractivity contribution is -0.0593. The Morgan fingerprint density at radius 3 is 2.68 bits per heavy atom. The molecule has 1 atom stereocenters. The van der Waals surface area contributed by atoms with Gasteiger partial charge >= 0.3 is 5.97 Å². The number of benzene rings is 1. The van der Waals surface area contributed by atoms with Gasteiger partial charge in [0.05, 0.1) is 24.9 Å². The Kier molecular flexibility index (Phi) is 8.00. The summed E-state index contributed by atoms with van der Waals surface area (Å²) < 4.78 is 33.5. The lowest BCUT2D eigenvalue weighted by Gasteiger charge is -2.32. The highest BCUT2D eigenvalue weighted by Crippen LogP contribution is 2.25. The van der Waals surface area contributed by atoms with Gasteiger partial charge in [-0.3, -0.25) is 9.88 Å². The first-order valence-electron chi connectivity index (χ1n) is 13.5. The highest BCUT2D eigenvalue weighted by Gasteiger charge is 2.26. The standard InChI is InChI=1S/C29H29ClFN5O5/c30-18-1-4-26(23(31)13-18)40-17-19-14-21(5-9-32-19)41-20-6-10-35(11-7-20)16-27-33-24-2-3-25(29(37)38)34-28(24)36(27)15-22-8-12-39-22/h1-5,9,13-14,20,22H,6-8,10-12,15-17H2,(H,37,38)/t22-/m0/s1. The summed E-state index contributed by atoms with van der Waals surface area (Å²) in [5.74, 6) is 0.0659. The van der Waals surface area contributed by atoms with Crippen molar-refractivity contribution in [1.82, 2.24) is 24.4 Å². The molecule has 12 heteroatoms. The minimum Gasteiger partial charge on any atom is -0.490 e. The van der Waals surface area contributed by atoms with Crippen LogP contribution in [0.2, 0.25) is 5.02 Å². The average molecular weight is 582 g/mol. The van der Waals surface area contributed by atoms with Gasteiger partial charge < -0.3 is 23.9 Å². The maximum absolute atomic E-state index is 14.0. The summed E-state index contributed by atoms with van der Waals surface area (Å²) in [4.78, 5) is 27.3. The van der Waals surface area contributed by atoms with Gasteiger partial charge in [0.2, 0.25) is 0 Å². The zero-order chi connectivity index (χ0) is 28.3. The first kappa shape index (κ1) is 27.4. The number of likely N-dealkylation sites (tertiary alicyclic amines) is 1. The van der Waals surface area contributed by atoms with E-state index in [2.05, 4.69) is 14.9 Å². The second-order valence-electron chi connectivity index (χ2n) is 10.2. The van der Waals surface area contributed by atoms with Gasteiger partial charge in [-0.05, 0) is 55.7 Å². The molecule has 214 valence electrons. The molecule has 0 radical (unpaired) electrons. The summed E-state index contributed by atoms with van der Waals surface area (Å²) in [5, 5.41) is 9.72. The third-order valence-corrected chi connectivity index (χ3v) is 7.56. The number of pyridine rings is 2. The lowest BCUT2D eigenvalue weighted by atomic mass is 10.1. The summed E-state index contributed by atoms with van der Waals surface area (Å²) in [7, 11) is 0. The molecule has 0 aliphatic carbocycles. The van der Waals surface area contributed by atoms with Crippen LogP contribution < -0.4 is 9.47 Å². The number of aromatic nitrogens is 4. The highest BCUT2D eigenvalue weighted by atomic mass is 35.5. The van der Waals surface area contributed by atoms with Crippen molar-refractivity contribution in [2.75, 3.05) is 19.7 Å². The summed E-state index contributed by atoms with van der Waals surface area (Å²) in [6, 6.07) is 11.1. The van der Waals surface area contributed by atoms with E-state index in [1.807, 2.05) is 16.7 Å². The van der Waals surface area contributed by atoms with Crippen molar-refractivity contribution >= 4 is 28.7 Å². The molecule has 3 aromatic heterocycles. The normalized spacial score (nSPS) is 17.9. The molecule has 5 heterocycles. The number of ether oxygens (including phenoxy) is 3. The van der Waals surface area contributed by atoms with Crippen molar-refractivity contribution in [2.24, 2.45) is 0 Å². The molecular formula is C29H29ClFN5O5. The summed E-state index contributed by atoms with van der Waals surface area (Å²) in [5.41, 5.74) is 1.88. The molecule has 2 saturated heterocycles. The van der Waals surface area contributed by atoms with Gasteiger partial charge in [-0.2, -0.15) is 0 Å². The van der Waals surface area contributed by atoms with Gasteiger partial charge in [-0.25, -0.2) is 19.2 Å². The van der Waals surface area contributed by atoms with Crippen LogP contribution in [0.4, 0.5) is 4.39 Å². The molecule has 2 aliphatic rings.